The summed E-state index contributed by atoms with van der Waals surface area (Å²) in [5, 5.41) is 10.7. The first-order valence-corrected chi connectivity index (χ1v) is 11.3. The van der Waals surface area contributed by atoms with E-state index in [-0.39, 0.29) is 24.2 Å². The Labute approximate surface area is 196 Å². The number of benzene rings is 1. The van der Waals surface area contributed by atoms with Crippen molar-refractivity contribution in [2.45, 2.75) is 57.9 Å². The van der Waals surface area contributed by atoms with Gasteiger partial charge in [0.15, 0.2) is 5.69 Å². The van der Waals surface area contributed by atoms with Crippen LogP contribution in [0.4, 0.5) is 13.2 Å². The molecule has 2 aromatic rings. The molecule has 2 atom stereocenters. The second-order valence-electron chi connectivity index (χ2n) is 8.53. The number of nitrogens with one attached hydrogen (secondary N) is 1. The summed E-state index contributed by atoms with van der Waals surface area (Å²) >= 11 is 0. The first-order chi connectivity index (χ1) is 16.2. The number of carbonyl (C=O) groups excluding carboxylic acids is 2. The van der Waals surface area contributed by atoms with Crippen molar-refractivity contribution in [3.05, 3.63) is 47.3 Å². The highest BCUT2D eigenvalue weighted by atomic mass is 19.4. The highest BCUT2D eigenvalue weighted by Gasteiger charge is 2.39. The minimum atomic E-state index is -4.44. The second kappa shape index (κ2) is 11.0. The van der Waals surface area contributed by atoms with E-state index in [4.69, 9.17) is 0 Å². The summed E-state index contributed by atoms with van der Waals surface area (Å²) in [6.07, 6.45) is -0.558. The zero-order chi connectivity index (χ0) is 24.9. The number of methoxy groups -OCH3 is 1. The monoisotopic (exact) mass is 481 g/mol. The molecular weight excluding hydrogens is 451 g/mol. The molecule has 1 aliphatic rings. The van der Waals surface area contributed by atoms with Crippen molar-refractivity contribution in [1.29, 1.82) is 0 Å². The fourth-order valence-corrected chi connectivity index (χ4v) is 4.24. The fraction of sp³-hybridized carbons (Fsp3) is 0.565. The van der Waals surface area contributed by atoms with Gasteiger partial charge in [0.25, 0.3) is 0 Å². The molecule has 8 nitrogen and oxygen atoms in total. The Morgan fingerprint density at radius 2 is 2.00 bits per heavy atom. The van der Waals surface area contributed by atoms with Crippen molar-refractivity contribution in [1.82, 2.24) is 25.2 Å². The van der Waals surface area contributed by atoms with E-state index in [9.17, 15) is 22.8 Å². The maximum atomic E-state index is 13.1. The van der Waals surface area contributed by atoms with Gasteiger partial charge in [-0.2, -0.15) is 13.2 Å². The third kappa shape index (κ3) is 6.13. The predicted molar refractivity (Wildman–Crippen MR) is 118 cm³/mol. The van der Waals surface area contributed by atoms with Crippen LogP contribution in [0.25, 0.3) is 0 Å². The number of ether oxygens (including phenoxy) is 1. The van der Waals surface area contributed by atoms with E-state index >= 15 is 0 Å². The number of alkyl halides is 3. The van der Waals surface area contributed by atoms with E-state index < -0.39 is 23.8 Å². The van der Waals surface area contributed by atoms with E-state index in [1.54, 1.807) is 10.7 Å². The number of amides is 1. The average molecular weight is 482 g/mol. The molecule has 0 saturated carbocycles. The van der Waals surface area contributed by atoms with Gasteiger partial charge in [-0.1, -0.05) is 44.0 Å². The van der Waals surface area contributed by atoms with E-state index in [1.807, 2.05) is 0 Å². The van der Waals surface area contributed by atoms with Gasteiger partial charge in [-0.05, 0) is 30.0 Å². The van der Waals surface area contributed by atoms with Gasteiger partial charge in [0, 0.05) is 19.6 Å². The Morgan fingerprint density at radius 3 is 2.65 bits per heavy atom. The summed E-state index contributed by atoms with van der Waals surface area (Å²) in [6, 6.07) is 4.29. The molecule has 1 amide bonds. The van der Waals surface area contributed by atoms with E-state index in [0.29, 0.717) is 31.0 Å². The van der Waals surface area contributed by atoms with Crippen molar-refractivity contribution in [2.75, 3.05) is 20.2 Å². The zero-order valence-corrected chi connectivity index (χ0v) is 19.5. The number of rotatable bonds is 9. The van der Waals surface area contributed by atoms with E-state index in [2.05, 4.69) is 39.1 Å². The average Bonchev–Trinajstić information content (AvgIpc) is 3.47. The van der Waals surface area contributed by atoms with Crippen LogP contribution in [0, 0.1) is 5.92 Å². The second-order valence-corrected chi connectivity index (χ2v) is 8.53. The number of esters is 1. The molecule has 0 bridgehead atoms. The molecule has 1 saturated heterocycles. The Bertz CT molecular complexity index is 990. The minimum Gasteiger partial charge on any atom is -0.464 e. The molecular formula is C23H30F3N5O3. The maximum absolute atomic E-state index is 13.1. The molecule has 1 aliphatic heterocycles. The van der Waals surface area contributed by atoms with Crippen LogP contribution < -0.4 is 5.32 Å². The highest BCUT2D eigenvalue weighted by molar-refractivity contribution is 5.86. The Balaban J connectivity index is 1.73. The van der Waals surface area contributed by atoms with Gasteiger partial charge in [-0.3, -0.25) is 9.69 Å². The number of hydrogen-bond donors (Lipinski definition) is 1. The van der Waals surface area contributed by atoms with Crippen molar-refractivity contribution in [2.24, 2.45) is 5.92 Å². The van der Waals surface area contributed by atoms with E-state index in [1.165, 1.54) is 19.4 Å². The number of nitrogens with zero attached hydrogens (tertiary/aromatic N) is 4. The van der Waals surface area contributed by atoms with Gasteiger partial charge in [-0.15, -0.1) is 5.10 Å². The first-order valence-electron chi connectivity index (χ1n) is 11.3. The quantitative estimate of drug-likeness (QED) is 0.552. The summed E-state index contributed by atoms with van der Waals surface area (Å²) < 4.78 is 45.2. The summed E-state index contributed by atoms with van der Waals surface area (Å²) in [6.45, 7) is 5.46. The van der Waals surface area contributed by atoms with Gasteiger partial charge >= 0.3 is 12.1 Å². The van der Waals surface area contributed by atoms with Crippen LogP contribution in [-0.4, -0.2) is 58.0 Å². The molecule has 34 heavy (non-hydrogen) atoms. The number of hydrogen-bond acceptors (Lipinski definition) is 6. The number of likely N-dealkylation sites (tertiary alicyclic amines) is 1. The van der Waals surface area contributed by atoms with Crippen molar-refractivity contribution >= 4 is 11.9 Å². The van der Waals surface area contributed by atoms with Gasteiger partial charge in [0.2, 0.25) is 5.91 Å². The molecule has 1 aromatic heterocycles. The molecule has 186 valence electrons. The van der Waals surface area contributed by atoms with Crippen molar-refractivity contribution < 1.29 is 27.5 Å². The predicted octanol–water partition coefficient (Wildman–Crippen LogP) is 3.45. The van der Waals surface area contributed by atoms with Crippen molar-refractivity contribution in [3.63, 3.8) is 0 Å². The number of halogens is 3. The lowest BCUT2D eigenvalue weighted by Gasteiger charge is -2.27. The molecule has 0 aliphatic carbocycles. The van der Waals surface area contributed by atoms with Crippen LogP contribution in [-0.2, 0) is 22.3 Å². The smallest absolute Gasteiger partial charge is 0.416 e. The Hall–Kier alpha value is -2.95. The largest absolute Gasteiger partial charge is 0.464 e. The van der Waals surface area contributed by atoms with Crippen LogP contribution in [0.5, 0.6) is 0 Å². The van der Waals surface area contributed by atoms with E-state index in [0.717, 1.165) is 25.0 Å². The fourth-order valence-electron chi connectivity index (χ4n) is 4.24. The van der Waals surface area contributed by atoms with Crippen LogP contribution >= 0.6 is 0 Å². The standard InChI is InChI=1S/C23H30F3N5O3/c1-4-15(5-2)12-30-13-18(31-14-19(28-29-31)22(33)34-3)10-20(30)21(32)27-11-16-7-6-8-17(9-16)23(24,25)26/h6-9,14-15,18,20H,4-5,10-13H2,1-3H3,(H,27,32)/t18-,20-/m0/s1. The lowest BCUT2D eigenvalue weighted by Crippen LogP contribution is -2.44. The molecule has 3 rings (SSSR count). The number of carbonyl (C=O) groups is 2. The Morgan fingerprint density at radius 1 is 1.26 bits per heavy atom. The zero-order valence-electron chi connectivity index (χ0n) is 19.5. The lowest BCUT2D eigenvalue weighted by molar-refractivity contribution is -0.137. The van der Waals surface area contributed by atoms with Gasteiger partial charge in [0.1, 0.15) is 0 Å². The molecule has 1 fully saturated rings. The maximum Gasteiger partial charge on any atom is 0.416 e. The normalized spacial score (nSPS) is 18.9. The van der Waals surface area contributed by atoms with Crippen LogP contribution in [0.3, 0.4) is 0 Å². The summed E-state index contributed by atoms with van der Waals surface area (Å²) in [5.41, 5.74) is -0.280. The van der Waals surface area contributed by atoms with Crippen molar-refractivity contribution in [3.8, 4) is 0 Å². The lowest BCUT2D eigenvalue weighted by atomic mass is 10.0. The summed E-state index contributed by atoms with van der Waals surface area (Å²) in [4.78, 5) is 26.9. The summed E-state index contributed by atoms with van der Waals surface area (Å²) in [5.74, 6) is -0.438. The SMILES string of the molecule is CCC(CC)CN1C[C@@H](n2cc(C(=O)OC)nn2)C[C@H]1C(=O)NCc1cccc(C(F)(F)F)c1. The van der Waals surface area contributed by atoms with Crippen LogP contribution in [0.2, 0.25) is 0 Å². The highest BCUT2D eigenvalue weighted by Crippen LogP contribution is 2.30. The Kier molecular flexibility index (Phi) is 8.29. The molecule has 0 radical (unpaired) electrons. The van der Waals surface area contributed by atoms with Gasteiger partial charge in [-0.25, -0.2) is 9.48 Å². The first kappa shape index (κ1) is 25.7. The third-order valence-corrected chi connectivity index (χ3v) is 6.33. The van der Waals surface area contributed by atoms with Crippen LogP contribution in [0.15, 0.2) is 30.5 Å². The summed E-state index contributed by atoms with van der Waals surface area (Å²) in [7, 11) is 1.26. The molecule has 1 aromatic carbocycles. The minimum absolute atomic E-state index is 0.00143. The van der Waals surface area contributed by atoms with Crippen LogP contribution in [0.1, 0.15) is 60.8 Å². The number of aromatic nitrogens is 3. The molecule has 1 N–H and O–H groups in total. The molecule has 0 unspecified atom stereocenters. The molecule has 2 heterocycles. The van der Waals surface area contributed by atoms with Gasteiger partial charge < -0.3 is 10.1 Å². The topological polar surface area (TPSA) is 89.3 Å². The molecule has 0 spiro atoms. The molecule has 11 heteroatoms. The third-order valence-electron chi connectivity index (χ3n) is 6.33. The van der Waals surface area contributed by atoms with Gasteiger partial charge in [0.05, 0.1) is 31.0 Å².